The lowest BCUT2D eigenvalue weighted by Crippen LogP contribution is -2.42. The second kappa shape index (κ2) is 13.7. The molecule has 3 aromatic rings. The highest BCUT2D eigenvalue weighted by atomic mass is 32.2. The molecule has 232 valence electrons. The van der Waals surface area contributed by atoms with Gasteiger partial charge in [0, 0.05) is 28.4 Å². The topological polar surface area (TPSA) is 211 Å². The van der Waals surface area contributed by atoms with Gasteiger partial charge < -0.3 is 30.4 Å². The lowest BCUT2D eigenvalue weighted by Gasteiger charge is -2.23. The Bertz CT molecular complexity index is 1690. The first-order valence-electron chi connectivity index (χ1n) is 13.7. The number of hydrogen-bond donors (Lipinski definition) is 5. The zero-order chi connectivity index (χ0) is 32.0. The number of amidine groups is 1. The highest BCUT2D eigenvalue weighted by Crippen LogP contribution is 2.31. The van der Waals surface area contributed by atoms with Gasteiger partial charge in [0.2, 0.25) is 5.88 Å². The van der Waals surface area contributed by atoms with Gasteiger partial charge in [0.15, 0.2) is 0 Å². The third-order valence-electron chi connectivity index (χ3n) is 7.25. The number of rotatable bonds is 11. The SMILES string of the molecule is COc1ccc(-c2ccc(C(=O)NC(CO)C3CCCC3)cc2C(=O)OS(C)(=O)=O)c(C(=O)Nc2ccc(C(=N)N)cc2)n1. The number of nitrogens with two attached hydrogens (primary N) is 1. The zero-order valence-corrected chi connectivity index (χ0v) is 24.9. The van der Waals surface area contributed by atoms with E-state index in [-0.39, 0.29) is 52.2 Å². The number of nitrogens with zero attached hydrogens (tertiary/aromatic N) is 1. The minimum absolute atomic E-state index is 0.0173. The molecule has 1 aliphatic carbocycles. The number of methoxy groups -OCH3 is 1. The molecule has 44 heavy (non-hydrogen) atoms. The van der Waals surface area contributed by atoms with Crippen molar-refractivity contribution in [3.63, 3.8) is 0 Å². The van der Waals surface area contributed by atoms with Gasteiger partial charge in [-0.1, -0.05) is 18.9 Å². The summed E-state index contributed by atoms with van der Waals surface area (Å²) in [6.07, 6.45) is 4.45. The van der Waals surface area contributed by atoms with E-state index in [1.54, 1.807) is 24.3 Å². The van der Waals surface area contributed by atoms with Gasteiger partial charge in [-0.15, -0.1) is 0 Å². The largest absolute Gasteiger partial charge is 0.481 e. The average molecular weight is 624 g/mol. The number of ether oxygens (including phenoxy) is 1. The van der Waals surface area contributed by atoms with Crippen LogP contribution in [0.3, 0.4) is 0 Å². The fraction of sp³-hybridized carbons (Fsp3) is 0.300. The Hall–Kier alpha value is -4.82. The number of aliphatic hydroxyl groups is 1. The second-order valence-corrected chi connectivity index (χ2v) is 11.9. The number of aromatic nitrogens is 1. The van der Waals surface area contributed by atoms with Crippen molar-refractivity contribution in [3.05, 3.63) is 77.0 Å². The molecule has 1 saturated carbocycles. The first-order chi connectivity index (χ1) is 20.9. The summed E-state index contributed by atoms with van der Waals surface area (Å²) in [4.78, 5) is 44.1. The summed E-state index contributed by atoms with van der Waals surface area (Å²) in [5.41, 5.74) is 6.03. The Kier molecular flexibility index (Phi) is 9.96. The normalized spacial score (nSPS) is 14.0. The van der Waals surface area contributed by atoms with Crippen molar-refractivity contribution >= 4 is 39.4 Å². The number of anilines is 1. The highest BCUT2D eigenvalue weighted by Gasteiger charge is 2.28. The number of carbonyl (C=O) groups is 3. The van der Waals surface area contributed by atoms with Crippen LogP contribution in [0.25, 0.3) is 11.1 Å². The molecule has 0 saturated heterocycles. The fourth-order valence-corrected chi connectivity index (χ4v) is 5.43. The van der Waals surface area contributed by atoms with Crippen LogP contribution in [0.4, 0.5) is 5.69 Å². The molecule has 0 spiro atoms. The Morgan fingerprint density at radius 2 is 1.66 bits per heavy atom. The summed E-state index contributed by atoms with van der Waals surface area (Å²) in [7, 11) is -2.89. The summed E-state index contributed by atoms with van der Waals surface area (Å²) >= 11 is 0. The fourth-order valence-electron chi connectivity index (χ4n) is 5.06. The summed E-state index contributed by atoms with van der Waals surface area (Å²) < 4.78 is 33.6. The van der Waals surface area contributed by atoms with E-state index in [9.17, 15) is 27.9 Å². The predicted molar refractivity (Wildman–Crippen MR) is 162 cm³/mol. The number of nitrogens with one attached hydrogen (secondary N) is 3. The van der Waals surface area contributed by atoms with E-state index in [0.717, 1.165) is 25.7 Å². The van der Waals surface area contributed by atoms with Crippen LogP contribution < -0.4 is 21.1 Å². The van der Waals surface area contributed by atoms with E-state index in [1.165, 1.54) is 37.4 Å². The van der Waals surface area contributed by atoms with Gasteiger partial charge in [0.05, 0.1) is 31.6 Å². The first-order valence-corrected chi connectivity index (χ1v) is 15.5. The smallest absolute Gasteiger partial charge is 0.354 e. The molecule has 1 heterocycles. The van der Waals surface area contributed by atoms with E-state index >= 15 is 0 Å². The predicted octanol–water partition coefficient (Wildman–Crippen LogP) is 2.69. The molecule has 0 aliphatic heterocycles. The van der Waals surface area contributed by atoms with Crippen molar-refractivity contribution in [2.45, 2.75) is 31.7 Å². The lowest BCUT2D eigenvalue weighted by molar-refractivity contribution is 0.0748. The van der Waals surface area contributed by atoms with E-state index in [1.807, 2.05) is 0 Å². The summed E-state index contributed by atoms with van der Waals surface area (Å²) in [6.45, 7) is -0.259. The number of hydrogen-bond acceptors (Lipinski definition) is 10. The molecule has 14 heteroatoms. The lowest BCUT2D eigenvalue weighted by atomic mass is 9.95. The highest BCUT2D eigenvalue weighted by molar-refractivity contribution is 7.86. The number of aliphatic hydroxyl groups excluding tert-OH is 1. The third kappa shape index (κ3) is 7.76. The molecule has 1 aliphatic rings. The minimum atomic E-state index is -4.25. The van der Waals surface area contributed by atoms with Crippen molar-refractivity contribution in [3.8, 4) is 17.0 Å². The van der Waals surface area contributed by atoms with E-state index in [0.29, 0.717) is 17.5 Å². The molecule has 1 atom stereocenters. The molecule has 6 N–H and O–H groups in total. The van der Waals surface area contributed by atoms with Crippen LogP contribution in [0.5, 0.6) is 5.88 Å². The number of carbonyl (C=O) groups excluding carboxylic acids is 3. The van der Waals surface area contributed by atoms with Crippen LogP contribution >= 0.6 is 0 Å². The van der Waals surface area contributed by atoms with Crippen molar-refractivity contribution < 1.29 is 36.8 Å². The molecule has 2 aromatic carbocycles. The Labute approximate surface area is 254 Å². The van der Waals surface area contributed by atoms with Crippen molar-refractivity contribution in [2.24, 2.45) is 11.7 Å². The number of amides is 2. The van der Waals surface area contributed by atoms with Crippen LogP contribution in [-0.2, 0) is 14.3 Å². The number of pyridine rings is 1. The van der Waals surface area contributed by atoms with Crippen molar-refractivity contribution in [1.82, 2.24) is 10.3 Å². The van der Waals surface area contributed by atoms with Gasteiger partial charge in [-0.25, -0.2) is 9.78 Å². The number of benzene rings is 2. The minimum Gasteiger partial charge on any atom is -0.481 e. The molecule has 2 amide bonds. The third-order valence-corrected chi connectivity index (χ3v) is 7.70. The summed E-state index contributed by atoms with van der Waals surface area (Å²) in [6, 6.07) is 12.6. The van der Waals surface area contributed by atoms with Crippen LogP contribution in [0.2, 0.25) is 0 Å². The second-order valence-electron chi connectivity index (χ2n) is 10.3. The zero-order valence-electron chi connectivity index (χ0n) is 24.1. The molecular formula is C30H33N5O8S. The van der Waals surface area contributed by atoms with Gasteiger partial charge >= 0.3 is 16.1 Å². The van der Waals surface area contributed by atoms with Gasteiger partial charge in [-0.3, -0.25) is 15.0 Å². The molecule has 1 unspecified atom stereocenters. The Morgan fingerprint density at radius 3 is 2.25 bits per heavy atom. The van der Waals surface area contributed by atoms with Crippen LogP contribution in [0.1, 0.15) is 62.5 Å². The maximum absolute atomic E-state index is 13.5. The maximum Gasteiger partial charge on any atom is 0.354 e. The van der Waals surface area contributed by atoms with E-state index < -0.39 is 33.9 Å². The van der Waals surface area contributed by atoms with E-state index in [2.05, 4.69) is 19.8 Å². The quantitative estimate of drug-likeness (QED) is 0.120. The molecule has 4 rings (SSSR count). The molecule has 1 fully saturated rings. The standard InChI is InChI=1S/C30H33N5O8S/c1-42-25-14-13-22(26(35-25)29(38)33-20-10-7-18(8-11-20)27(31)32)21-12-9-19(15-23(21)30(39)43-44(2,40)41)28(37)34-24(16-36)17-5-3-4-6-17/h7-15,17,24,36H,3-6,16H2,1-2H3,(H3,31,32)(H,33,38)(H,34,37). The number of nitrogen functional groups attached to an aromatic ring is 1. The molecule has 0 bridgehead atoms. The van der Waals surface area contributed by atoms with Gasteiger partial charge in [0.1, 0.15) is 11.5 Å². The monoisotopic (exact) mass is 623 g/mol. The van der Waals surface area contributed by atoms with Gasteiger partial charge in [0.25, 0.3) is 11.8 Å². The first kappa shape index (κ1) is 32.1. The molecule has 13 nitrogen and oxygen atoms in total. The average Bonchev–Trinajstić information content (AvgIpc) is 3.53. The van der Waals surface area contributed by atoms with Crippen LogP contribution in [-0.4, -0.2) is 68.1 Å². The molecular weight excluding hydrogens is 590 g/mol. The molecule has 1 aromatic heterocycles. The summed E-state index contributed by atoms with van der Waals surface area (Å²) in [5, 5.41) is 22.9. The Balaban J connectivity index is 1.75. The van der Waals surface area contributed by atoms with Crippen molar-refractivity contribution in [1.29, 1.82) is 5.41 Å². The van der Waals surface area contributed by atoms with Gasteiger partial charge in [-0.2, -0.15) is 8.42 Å². The van der Waals surface area contributed by atoms with Gasteiger partial charge in [-0.05, 0) is 66.8 Å². The summed E-state index contributed by atoms with van der Waals surface area (Å²) in [5.74, 6) is -2.48. The maximum atomic E-state index is 13.5. The Morgan fingerprint density at radius 1 is 1.02 bits per heavy atom. The molecule has 0 radical (unpaired) electrons. The van der Waals surface area contributed by atoms with Crippen LogP contribution in [0, 0.1) is 11.3 Å². The van der Waals surface area contributed by atoms with E-state index in [4.69, 9.17) is 15.9 Å². The van der Waals surface area contributed by atoms with Crippen molar-refractivity contribution in [2.75, 3.05) is 25.3 Å². The van der Waals surface area contributed by atoms with Crippen LogP contribution in [0.15, 0.2) is 54.6 Å².